The molecule has 1 saturated heterocycles. The molecule has 1 aromatic carbocycles. The third-order valence-electron chi connectivity index (χ3n) is 4.79. The maximum atomic E-state index is 13.3. The van der Waals surface area contributed by atoms with E-state index < -0.39 is 0 Å². The molecule has 0 radical (unpaired) electrons. The predicted molar refractivity (Wildman–Crippen MR) is 93.6 cm³/mol. The Morgan fingerprint density at radius 2 is 2.08 bits per heavy atom. The van der Waals surface area contributed by atoms with E-state index in [1.165, 1.54) is 12.1 Å². The second-order valence-electron chi connectivity index (χ2n) is 6.50. The van der Waals surface area contributed by atoms with Crippen molar-refractivity contribution in [2.75, 3.05) is 26.2 Å². The second kappa shape index (κ2) is 7.26. The van der Waals surface area contributed by atoms with Crippen molar-refractivity contribution in [1.29, 1.82) is 0 Å². The first-order valence-electron chi connectivity index (χ1n) is 8.65. The average Bonchev–Trinajstić information content (AvgIpc) is 2.59. The lowest BCUT2D eigenvalue weighted by molar-refractivity contribution is 0.0689. The smallest absolute Gasteiger partial charge is 0.255 e. The highest BCUT2D eigenvalue weighted by molar-refractivity contribution is 5.98. The standard InChI is InChI=1S/C19H24FN3O/c1-3-21-12-14-6-8-23(9-7-14)19(24)17-10-15-4-5-16(20)11-18(15)22-13(17)2/h4-5,10-11,14,21H,3,6-9,12H2,1-2H3. The number of nitrogens with one attached hydrogen (secondary N) is 1. The van der Waals surface area contributed by atoms with Crippen LogP contribution < -0.4 is 5.32 Å². The van der Waals surface area contributed by atoms with E-state index in [-0.39, 0.29) is 11.7 Å². The van der Waals surface area contributed by atoms with Gasteiger partial charge in [-0.1, -0.05) is 6.92 Å². The van der Waals surface area contributed by atoms with Gasteiger partial charge in [-0.2, -0.15) is 0 Å². The van der Waals surface area contributed by atoms with Gasteiger partial charge in [-0.25, -0.2) is 4.39 Å². The number of likely N-dealkylation sites (tertiary alicyclic amines) is 1. The van der Waals surface area contributed by atoms with Crippen LogP contribution >= 0.6 is 0 Å². The molecule has 1 aromatic heterocycles. The minimum atomic E-state index is -0.309. The quantitative estimate of drug-likeness (QED) is 0.937. The van der Waals surface area contributed by atoms with Gasteiger partial charge in [-0.15, -0.1) is 0 Å². The molecular formula is C19H24FN3O. The summed E-state index contributed by atoms with van der Waals surface area (Å²) in [5.41, 5.74) is 1.88. The van der Waals surface area contributed by atoms with Crippen molar-refractivity contribution in [1.82, 2.24) is 15.2 Å². The molecule has 128 valence electrons. The zero-order valence-electron chi connectivity index (χ0n) is 14.3. The summed E-state index contributed by atoms with van der Waals surface area (Å²) in [6.45, 7) is 7.52. The van der Waals surface area contributed by atoms with E-state index in [4.69, 9.17) is 0 Å². The van der Waals surface area contributed by atoms with Gasteiger partial charge in [0.25, 0.3) is 5.91 Å². The minimum Gasteiger partial charge on any atom is -0.339 e. The Kier molecular flexibility index (Phi) is 5.09. The van der Waals surface area contributed by atoms with Crippen LogP contribution in [0.1, 0.15) is 35.8 Å². The SMILES string of the molecule is CCNCC1CCN(C(=O)c2cc3ccc(F)cc3nc2C)CC1. The lowest BCUT2D eigenvalue weighted by atomic mass is 9.96. The van der Waals surface area contributed by atoms with Gasteiger partial charge in [0.15, 0.2) is 0 Å². The van der Waals surface area contributed by atoms with Crippen LogP contribution in [0.2, 0.25) is 0 Å². The van der Waals surface area contributed by atoms with Crippen molar-refractivity contribution >= 4 is 16.8 Å². The Bertz CT molecular complexity index is 739. The summed E-state index contributed by atoms with van der Waals surface area (Å²) in [4.78, 5) is 19.2. The Morgan fingerprint density at radius 3 is 2.79 bits per heavy atom. The molecule has 2 aromatic rings. The fourth-order valence-electron chi connectivity index (χ4n) is 3.31. The maximum absolute atomic E-state index is 13.3. The summed E-state index contributed by atoms with van der Waals surface area (Å²) >= 11 is 0. The Morgan fingerprint density at radius 1 is 1.33 bits per heavy atom. The summed E-state index contributed by atoms with van der Waals surface area (Å²) < 4.78 is 13.3. The highest BCUT2D eigenvalue weighted by Crippen LogP contribution is 2.22. The molecule has 5 heteroatoms. The molecule has 0 bridgehead atoms. The van der Waals surface area contributed by atoms with Gasteiger partial charge >= 0.3 is 0 Å². The first kappa shape index (κ1) is 16.8. The Hall–Kier alpha value is -2.01. The highest BCUT2D eigenvalue weighted by atomic mass is 19.1. The molecule has 0 spiro atoms. The molecular weight excluding hydrogens is 305 g/mol. The van der Waals surface area contributed by atoms with Crippen LogP contribution in [0.15, 0.2) is 24.3 Å². The fraction of sp³-hybridized carbons (Fsp3) is 0.474. The largest absolute Gasteiger partial charge is 0.339 e. The van der Waals surface area contributed by atoms with Gasteiger partial charge in [0, 0.05) is 24.5 Å². The maximum Gasteiger partial charge on any atom is 0.255 e. The van der Waals surface area contributed by atoms with E-state index >= 15 is 0 Å². The average molecular weight is 329 g/mol. The zero-order chi connectivity index (χ0) is 17.1. The van der Waals surface area contributed by atoms with E-state index in [2.05, 4.69) is 17.2 Å². The summed E-state index contributed by atoms with van der Waals surface area (Å²) in [6.07, 6.45) is 2.06. The van der Waals surface area contributed by atoms with Gasteiger partial charge in [0.1, 0.15) is 5.82 Å². The number of carbonyl (C=O) groups is 1. The van der Waals surface area contributed by atoms with E-state index in [1.807, 2.05) is 17.9 Å². The van der Waals surface area contributed by atoms with Gasteiger partial charge < -0.3 is 10.2 Å². The van der Waals surface area contributed by atoms with Crippen LogP contribution in [0, 0.1) is 18.7 Å². The molecule has 1 amide bonds. The normalized spacial score (nSPS) is 15.9. The summed E-state index contributed by atoms with van der Waals surface area (Å²) in [5, 5.41) is 4.18. The first-order valence-corrected chi connectivity index (χ1v) is 8.65. The number of nitrogens with zero attached hydrogens (tertiary/aromatic N) is 2. The summed E-state index contributed by atoms with van der Waals surface area (Å²) in [5.74, 6) is 0.372. The Labute approximate surface area is 142 Å². The molecule has 1 N–H and O–H groups in total. The second-order valence-corrected chi connectivity index (χ2v) is 6.50. The molecule has 2 heterocycles. The van der Waals surface area contributed by atoms with Crippen molar-refractivity contribution < 1.29 is 9.18 Å². The number of amides is 1. The highest BCUT2D eigenvalue weighted by Gasteiger charge is 2.24. The number of carbonyl (C=O) groups excluding carboxylic acids is 1. The van der Waals surface area contributed by atoms with E-state index in [9.17, 15) is 9.18 Å². The monoisotopic (exact) mass is 329 g/mol. The van der Waals surface area contributed by atoms with Crippen LogP contribution in [0.3, 0.4) is 0 Å². The van der Waals surface area contributed by atoms with Crippen LogP contribution in [-0.2, 0) is 0 Å². The Balaban J connectivity index is 1.75. The number of hydrogen-bond acceptors (Lipinski definition) is 3. The number of rotatable bonds is 4. The van der Waals surface area contributed by atoms with Crippen molar-refractivity contribution in [2.24, 2.45) is 5.92 Å². The molecule has 0 atom stereocenters. The van der Waals surface area contributed by atoms with Crippen LogP contribution in [0.5, 0.6) is 0 Å². The number of benzene rings is 1. The van der Waals surface area contributed by atoms with Gasteiger partial charge in [-0.3, -0.25) is 9.78 Å². The van der Waals surface area contributed by atoms with Crippen molar-refractivity contribution in [3.8, 4) is 0 Å². The van der Waals surface area contributed by atoms with Crippen molar-refractivity contribution in [3.05, 3.63) is 41.3 Å². The molecule has 4 nitrogen and oxygen atoms in total. The van der Waals surface area contributed by atoms with Gasteiger partial charge in [-0.05, 0) is 57.0 Å². The number of pyridine rings is 1. The van der Waals surface area contributed by atoms with Crippen molar-refractivity contribution in [2.45, 2.75) is 26.7 Å². The van der Waals surface area contributed by atoms with Crippen LogP contribution in [-0.4, -0.2) is 42.0 Å². The summed E-state index contributed by atoms with van der Waals surface area (Å²) in [6, 6.07) is 6.32. The van der Waals surface area contributed by atoms with E-state index in [0.29, 0.717) is 22.7 Å². The van der Waals surface area contributed by atoms with E-state index in [1.54, 1.807) is 6.07 Å². The number of halogens is 1. The number of fused-ring (bicyclic) bond motifs is 1. The lowest BCUT2D eigenvalue weighted by Gasteiger charge is -2.32. The molecule has 1 aliphatic heterocycles. The third kappa shape index (κ3) is 3.56. The molecule has 0 unspecified atom stereocenters. The number of piperidine rings is 1. The predicted octanol–water partition coefficient (Wildman–Crippen LogP) is 3.14. The van der Waals surface area contributed by atoms with Gasteiger partial charge in [0.05, 0.1) is 16.8 Å². The number of hydrogen-bond donors (Lipinski definition) is 1. The first-order chi connectivity index (χ1) is 11.6. The molecule has 1 aliphatic rings. The molecule has 24 heavy (non-hydrogen) atoms. The van der Waals surface area contributed by atoms with Crippen LogP contribution in [0.4, 0.5) is 4.39 Å². The third-order valence-corrected chi connectivity index (χ3v) is 4.79. The van der Waals surface area contributed by atoms with Crippen molar-refractivity contribution in [3.63, 3.8) is 0 Å². The minimum absolute atomic E-state index is 0.0353. The topological polar surface area (TPSA) is 45.2 Å². The van der Waals surface area contributed by atoms with E-state index in [0.717, 1.165) is 44.4 Å². The summed E-state index contributed by atoms with van der Waals surface area (Å²) in [7, 11) is 0. The fourth-order valence-corrected chi connectivity index (χ4v) is 3.31. The number of aryl methyl sites for hydroxylation is 1. The van der Waals surface area contributed by atoms with Crippen LogP contribution in [0.25, 0.3) is 10.9 Å². The molecule has 3 rings (SSSR count). The molecule has 1 fully saturated rings. The number of aromatic nitrogens is 1. The van der Waals surface area contributed by atoms with Gasteiger partial charge in [0.2, 0.25) is 0 Å². The molecule has 0 aliphatic carbocycles. The molecule has 0 saturated carbocycles. The lowest BCUT2D eigenvalue weighted by Crippen LogP contribution is -2.41. The zero-order valence-corrected chi connectivity index (χ0v) is 14.3.